The van der Waals surface area contributed by atoms with Crippen LogP contribution < -0.4 is 14.5 Å². The molecule has 0 atom stereocenters. The first-order valence-electron chi connectivity index (χ1n) is 11.3. The van der Waals surface area contributed by atoms with Crippen LogP contribution in [-0.4, -0.2) is 61.1 Å². The highest BCUT2D eigenvalue weighted by molar-refractivity contribution is 7.20. The zero-order valence-electron chi connectivity index (χ0n) is 19.6. The van der Waals surface area contributed by atoms with Crippen LogP contribution in [0.4, 0.5) is 17.2 Å². The van der Waals surface area contributed by atoms with Crippen molar-refractivity contribution in [1.29, 1.82) is 0 Å². The lowest BCUT2D eigenvalue weighted by atomic mass is 10.1. The van der Waals surface area contributed by atoms with Gasteiger partial charge in [0.25, 0.3) is 5.91 Å². The second-order valence-electron chi connectivity index (χ2n) is 8.28. The van der Waals surface area contributed by atoms with Crippen molar-refractivity contribution in [3.8, 4) is 5.75 Å². The average molecular weight is 474 g/mol. The lowest BCUT2D eigenvalue weighted by molar-refractivity contribution is 0.0751. The summed E-state index contributed by atoms with van der Waals surface area (Å²) in [5.41, 5.74) is 3.04. The lowest BCUT2D eigenvalue weighted by Gasteiger charge is -2.36. The summed E-state index contributed by atoms with van der Waals surface area (Å²) >= 11 is 1.45. The van der Waals surface area contributed by atoms with Gasteiger partial charge in [-0.05, 0) is 36.8 Å². The molecule has 0 spiro atoms. The van der Waals surface area contributed by atoms with E-state index in [4.69, 9.17) is 4.74 Å². The van der Waals surface area contributed by atoms with Crippen LogP contribution in [0.25, 0.3) is 10.2 Å². The van der Waals surface area contributed by atoms with Crippen LogP contribution in [0.5, 0.6) is 5.75 Å². The molecule has 5 rings (SSSR count). The van der Waals surface area contributed by atoms with Crippen molar-refractivity contribution in [3.05, 3.63) is 71.4 Å². The number of nitrogens with zero attached hydrogens (tertiary/aromatic N) is 5. The maximum Gasteiger partial charge on any atom is 0.264 e. The van der Waals surface area contributed by atoms with Gasteiger partial charge >= 0.3 is 0 Å². The highest BCUT2D eigenvalue weighted by atomic mass is 32.1. The molecule has 174 valence electrons. The number of para-hydroxylation sites is 3. The van der Waals surface area contributed by atoms with Crippen molar-refractivity contribution in [3.63, 3.8) is 0 Å². The molecular weight excluding hydrogens is 446 g/mol. The molecule has 2 aromatic carbocycles. The summed E-state index contributed by atoms with van der Waals surface area (Å²) in [5, 5.41) is 0.940. The second kappa shape index (κ2) is 9.30. The Morgan fingerprint density at radius 1 is 1.00 bits per heavy atom. The fourth-order valence-corrected chi connectivity index (χ4v) is 5.58. The van der Waals surface area contributed by atoms with Gasteiger partial charge in [-0.1, -0.05) is 30.3 Å². The van der Waals surface area contributed by atoms with E-state index in [9.17, 15) is 4.79 Å². The molecule has 0 aliphatic carbocycles. The van der Waals surface area contributed by atoms with E-state index in [0.29, 0.717) is 13.1 Å². The molecule has 1 amide bonds. The van der Waals surface area contributed by atoms with E-state index < -0.39 is 0 Å². The molecule has 8 heteroatoms. The van der Waals surface area contributed by atoms with Crippen LogP contribution in [0.2, 0.25) is 0 Å². The van der Waals surface area contributed by atoms with Crippen LogP contribution in [0.1, 0.15) is 15.2 Å². The number of piperazine rings is 1. The quantitative estimate of drug-likeness (QED) is 0.417. The van der Waals surface area contributed by atoms with E-state index in [1.807, 2.05) is 72.3 Å². The summed E-state index contributed by atoms with van der Waals surface area (Å²) in [6.07, 6.45) is 1.58. The Bertz CT molecular complexity index is 1320. The third-order valence-corrected chi connectivity index (χ3v) is 7.54. The zero-order chi connectivity index (χ0) is 23.7. The second-order valence-corrected chi connectivity index (χ2v) is 9.28. The molecule has 1 aliphatic heterocycles. The number of methoxy groups -OCH3 is 1. The summed E-state index contributed by atoms with van der Waals surface area (Å²) in [6.45, 7) is 4.85. The van der Waals surface area contributed by atoms with Crippen molar-refractivity contribution >= 4 is 44.7 Å². The smallest absolute Gasteiger partial charge is 0.264 e. The summed E-state index contributed by atoms with van der Waals surface area (Å²) in [5.74, 6) is 1.73. The zero-order valence-corrected chi connectivity index (χ0v) is 20.4. The van der Waals surface area contributed by atoms with Crippen LogP contribution in [-0.2, 0) is 0 Å². The third kappa shape index (κ3) is 3.94. The number of ether oxygens (including phenoxy) is 1. The van der Waals surface area contributed by atoms with E-state index in [1.54, 1.807) is 13.4 Å². The molecule has 1 fully saturated rings. The molecule has 7 nitrogen and oxygen atoms in total. The topological polar surface area (TPSA) is 61.8 Å². The molecule has 34 heavy (non-hydrogen) atoms. The predicted molar refractivity (Wildman–Crippen MR) is 138 cm³/mol. The van der Waals surface area contributed by atoms with Gasteiger partial charge in [0, 0.05) is 38.9 Å². The largest absolute Gasteiger partial charge is 0.495 e. The van der Waals surface area contributed by atoms with Crippen molar-refractivity contribution < 1.29 is 9.53 Å². The number of rotatable bonds is 5. The van der Waals surface area contributed by atoms with Gasteiger partial charge in [-0.15, -0.1) is 11.3 Å². The summed E-state index contributed by atoms with van der Waals surface area (Å²) < 4.78 is 5.52. The van der Waals surface area contributed by atoms with E-state index in [0.717, 1.165) is 56.7 Å². The highest BCUT2D eigenvalue weighted by Crippen LogP contribution is 2.37. The molecule has 0 bridgehead atoms. The minimum absolute atomic E-state index is 0.0634. The summed E-state index contributed by atoms with van der Waals surface area (Å²) in [4.78, 5) is 30.4. The normalized spacial score (nSPS) is 13.9. The van der Waals surface area contributed by atoms with Crippen LogP contribution in [0, 0.1) is 6.92 Å². The number of hydrogen-bond acceptors (Lipinski definition) is 7. The SMILES string of the molecule is COc1ccccc1N1CCN(C(=O)c2sc3ncnc(N(C)c4ccccc4)c3c2C)CC1. The number of amides is 1. The Morgan fingerprint density at radius 3 is 2.44 bits per heavy atom. The van der Waals surface area contributed by atoms with Crippen molar-refractivity contribution in [2.24, 2.45) is 0 Å². The average Bonchev–Trinajstić information content (AvgIpc) is 3.25. The molecule has 3 heterocycles. The molecule has 4 aromatic rings. The standard InChI is InChI=1S/C26H27N5O2S/c1-18-22-24(29(2)19-9-5-4-6-10-19)27-17-28-25(22)34-23(18)26(32)31-15-13-30(14-16-31)20-11-7-8-12-21(20)33-3/h4-12,17H,13-16H2,1-3H3. The fourth-order valence-electron chi connectivity index (χ4n) is 4.47. The molecule has 0 saturated carbocycles. The van der Waals surface area contributed by atoms with Gasteiger partial charge in [-0.3, -0.25) is 4.79 Å². The van der Waals surface area contributed by atoms with Crippen LogP contribution in [0.15, 0.2) is 60.9 Å². The number of anilines is 3. The number of carbonyl (C=O) groups is 1. The molecule has 1 saturated heterocycles. The molecule has 2 aromatic heterocycles. The Labute approximate surface area is 203 Å². The van der Waals surface area contributed by atoms with Gasteiger partial charge in [0.15, 0.2) is 0 Å². The van der Waals surface area contributed by atoms with Crippen molar-refractivity contribution in [2.45, 2.75) is 6.92 Å². The van der Waals surface area contributed by atoms with E-state index in [2.05, 4.69) is 20.9 Å². The minimum atomic E-state index is 0.0634. The number of hydrogen-bond donors (Lipinski definition) is 0. The first-order chi connectivity index (χ1) is 16.6. The van der Waals surface area contributed by atoms with E-state index in [-0.39, 0.29) is 5.91 Å². The predicted octanol–water partition coefficient (Wildman–Crippen LogP) is 4.74. The number of fused-ring (bicyclic) bond motifs is 1. The maximum absolute atomic E-state index is 13.5. The monoisotopic (exact) mass is 473 g/mol. The van der Waals surface area contributed by atoms with Crippen LogP contribution >= 0.6 is 11.3 Å². The van der Waals surface area contributed by atoms with Gasteiger partial charge in [0.05, 0.1) is 23.1 Å². The van der Waals surface area contributed by atoms with Crippen molar-refractivity contribution in [1.82, 2.24) is 14.9 Å². The number of benzene rings is 2. The van der Waals surface area contributed by atoms with Gasteiger partial charge in [0.1, 0.15) is 22.7 Å². The fraction of sp³-hybridized carbons (Fsp3) is 0.269. The molecule has 0 N–H and O–H groups in total. The lowest BCUT2D eigenvalue weighted by Crippen LogP contribution is -2.48. The van der Waals surface area contributed by atoms with Gasteiger partial charge in [0.2, 0.25) is 0 Å². The molecule has 0 radical (unpaired) electrons. The number of thiophene rings is 1. The first kappa shape index (κ1) is 22.2. The summed E-state index contributed by atoms with van der Waals surface area (Å²) in [6, 6.07) is 18.1. The highest BCUT2D eigenvalue weighted by Gasteiger charge is 2.28. The molecule has 1 aliphatic rings. The van der Waals surface area contributed by atoms with E-state index >= 15 is 0 Å². The van der Waals surface area contributed by atoms with Crippen LogP contribution in [0.3, 0.4) is 0 Å². The number of aromatic nitrogens is 2. The number of aryl methyl sites for hydroxylation is 1. The van der Waals surface area contributed by atoms with Gasteiger partial charge in [-0.25, -0.2) is 9.97 Å². The summed E-state index contributed by atoms with van der Waals surface area (Å²) in [7, 11) is 3.68. The third-order valence-electron chi connectivity index (χ3n) is 6.35. The number of carbonyl (C=O) groups excluding carboxylic acids is 1. The Hall–Kier alpha value is -3.65. The van der Waals surface area contributed by atoms with Gasteiger partial charge < -0.3 is 19.4 Å². The Balaban J connectivity index is 1.39. The minimum Gasteiger partial charge on any atom is -0.495 e. The molecule has 0 unspecified atom stereocenters. The molecular formula is C26H27N5O2S. The Morgan fingerprint density at radius 2 is 1.71 bits per heavy atom. The van der Waals surface area contributed by atoms with E-state index in [1.165, 1.54) is 11.3 Å². The van der Waals surface area contributed by atoms with Crippen molar-refractivity contribution in [2.75, 3.05) is 50.1 Å². The Kier molecular flexibility index (Phi) is 6.06. The maximum atomic E-state index is 13.5. The van der Waals surface area contributed by atoms with Gasteiger partial charge in [-0.2, -0.15) is 0 Å². The first-order valence-corrected chi connectivity index (χ1v) is 12.1.